The zero-order valence-electron chi connectivity index (χ0n) is 11.7. The zero-order valence-corrected chi connectivity index (χ0v) is 11.7. The van der Waals surface area contributed by atoms with Gasteiger partial charge in [-0.15, -0.1) is 0 Å². The third-order valence-corrected chi connectivity index (χ3v) is 3.04. The molecule has 106 valence electrons. The second-order valence-electron chi connectivity index (χ2n) is 5.69. The standard InChI is InChI=1S/C15H16F2N2O/c1-15(2,3)13-7-14(20)19(9-18-13)8-10-11(16)5-4-6-12(10)17/h4-7,9H,8H2,1-3H3. The van der Waals surface area contributed by atoms with Crippen LogP contribution in [0.15, 0.2) is 35.4 Å². The number of benzene rings is 1. The van der Waals surface area contributed by atoms with Crippen LogP contribution >= 0.6 is 0 Å². The van der Waals surface area contributed by atoms with Gasteiger partial charge in [-0.3, -0.25) is 9.36 Å². The fourth-order valence-corrected chi connectivity index (χ4v) is 1.81. The highest BCUT2D eigenvalue weighted by atomic mass is 19.1. The lowest BCUT2D eigenvalue weighted by Gasteiger charge is -2.17. The van der Waals surface area contributed by atoms with Crippen molar-refractivity contribution in [3.63, 3.8) is 0 Å². The lowest BCUT2D eigenvalue weighted by molar-refractivity contribution is 0.531. The normalized spacial score (nSPS) is 11.7. The van der Waals surface area contributed by atoms with E-state index in [1.54, 1.807) is 0 Å². The molecule has 0 spiro atoms. The van der Waals surface area contributed by atoms with Gasteiger partial charge in [0.05, 0.1) is 18.6 Å². The Kier molecular flexibility index (Phi) is 3.70. The first-order chi connectivity index (χ1) is 9.29. The number of aromatic nitrogens is 2. The molecule has 20 heavy (non-hydrogen) atoms. The van der Waals surface area contributed by atoms with Crippen molar-refractivity contribution in [3.8, 4) is 0 Å². The molecule has 1 aromatic heterocycles. The predicted molar refractivity (Wildman–Crippen MR) is 72.7 cm³/mol. The van der Waals surface area contributed by atoms with Crippen molar-refractivity contribution in [2.75, 3.05) is 0 Å². The molecule has 0 aliphatic carbocycles. The summed E-state index contributed by atoms with van der Waals surface area (Å²) < 4.78 is 28.3. The summed E-state index contributed by atoms with van der Waals surface area (Å²) in [6, 6.07) is 5.03. The molecule has 0 N–H and O–H groups in total. The summed E-state index contributed by atoms with van der Waals surface area (Å²) in [6.45, 7) is 5.65. The summed E-state index contributed by atoms with van der Waals surface area (Å²) in [5.41, 5.74) is -0.0677. The van der Waals surface area contributed by atoms with E-state index in [0.717, 1.165) is 0 Å². The van der Waals surface area contributed by atoms with E-state index in [1.807, 2.05) is 20.8 Å². The van der Waals surface area contributed by atoms with Gasteiger partial charge >= 0.3 is 0 Å². The Morgan fingerprint density at radius 3 is 2.30 bits per heavy atom. The van der Waals surface area contributed by atoms with Crippen molar-refractivity contribution in [3.05, 3.63) is 63.8 Å². The lowest BCUT2D eigenvalue weighted by Crippen LogP contribution is -2.25. The summed E-state index contributed by atoms with van der Waals surface area (Å²) >= 11 is 0. The average Bonchev–Trinajstić information content (AvgIpc) is 2.34. The molecular formula is C15H16F2N2O. The zero-order chi connectivity index (χ0) is 14.9. The van der Waals surface area contributed by atoms with Crippen LogP contribution in [-0.4, -0.2) is 9.55 Å². The molecule has 0 aliphatic heterocycles. The van der Waals surface area contributed by atoms with E-state index in [2.05, 4.69) is 4.98 Å². The molecule has 0 saturated carbocycles. The quantitative estimate of drug-likeness (QED) is 0.846. The Balaban J connectivity index is 2.39. The van der Waals surface area contributed by atoms with Crippen molar-refractivity contribution in [1.82, 2.24) is 9.55 Å². The van der Waals surface area contributed by atoms with E-state index in [0.29, 0.717) is 5.69 Å². The van der Waals surface area contributed by atoms with Crippen LogP contribution in [-0.2, 0) is 12.0 Å². The van der Waals surface area contributed by atoms with E-state index < -0.39 is 11.6 Å². The minimum atomic E-state index is -0.670. The van der Waals surface area contributed by atoms with Gasteiger partial charge in [-0.2, -0.15) is 0 Å². The molecule has 1 aromatic carbocycles. The van der Waals surface area contributed by atoms with E-state index in [4.69, 9.17) is 0 Å². The maximum absolute atomic E-state index is 13.6. The van der Waals surface area contributed by atoms with Gasteiger partial charge in [-0.1, -0.05) is 26.8 Å². The van der Waals surface area contributed by atoms with Gasteiger partial charge in [0.1, 0.15) is 11.6 Å². The summed E-state index contributed by atoms with van der Waals surface area (Å²) in [6.07, 6.45) is 1.33. The SMILES string of the molecule is CC(C)(C)c1cc(=O)n(Cc2c(F)cccc2F)cn1. The Hall–Kier alpha value is -2.04. The second-order valence-corrected chi connectivity index (χ2v) is 5.69. The molecule has 5 heteroatoms. The summed E-state index contributed by atoms with van der Waals surface area (Å²) in [4.78, 5) is 16.2. The highest BCUT2D eigenvalue weighted by molar-refractivity contribution is 5.20. The van der Waals surface area contributed by atoms with E-state index in [-0.39, 0.29) is 23.1 Å². The Labute approximate surface area is 115 Å². The molecule has 0 radical (unpaired) electrons. The fourth-order valence-electron chi connectivity index (χ4n) is 1.81. The maximum atomic E-state index is 13.6. The third-order valence-electron chi connectivity index (χ3n) is 3.04. The van der Waals surface area contributed by atoms with Crippen LogP contribution in [0.5, 0.6) is 0 Å². The summed E-state index contributed by atoms with van der Waals surface area (Å²) in [7, 11) is 0. The number of halogens is 2. The van der Waals surface area contributed by atoms with Crippen molar-refractivity contribution < 1.29 is 8.78 Å². The average molecular weight is 278 g/mol. The number of hydrogen-bond donors (Lipinski definition) is 0. The molecule has 2 aromatic rings. The number of nitrogens with zero attached hydrogens (tertiary/aromatic N) is 2. The molecule has 0 aliphatic rings. The van der Waals surface area contributed by atoms with Crippen LogP contribution in [0.4, 0.5) is 8.78 Å². The predicted octanol–water partition coefficient (Wildman–Crippen LogP) is 2.87. The number of hydrogen-bond acceptors (Lipinski definition) is 2. The van der Waals surface area contributed by atoms with Crippen LogP contribution in [0.25, 0.3) is 0 Å². The van der Waals surface area contributed by atoms with Crippen LogP contribution in [0.1, 0.15) is 32.0 Å². The van der Waals surface area contributed by atoms with Gasteiger partial charge in [0.15, 0.2) is 0 Å². The van der Waals surface area contributed by atoms with Gasteiger partial charge in [-0.05, 0) is 12.1 Å². The Bertz CT molecular complexity index is 667. The highest BCUT2D eigenvalue weighted by Gasteiger charge is 2.17. The molecule has 0 fully saturated rings. The minimum absolute atomic E-state index is 0.139. The van der Waals surface area contributed by atoms with E-state index in [9.17, 15) is 13.6 Å². The summed E-state index contributed by atoms with van der Waals surface area (Å²) in [5, 5.41) is 0. The van der Waals surface area contributed by atoms with Gasteiger partial charge in [0.2, 0.25) is 0 Å². The Morgan fingerprint density at radius 1 is 1.20 bits per heavy atom. The lowest BCUT2D eigenvalue weighted by atomic mass is 9.92. The van der Waals surface area contributed by atoms with Crippen LogP contribution in [0.3, 0.4) is 0 Å². The molecule has 1 heterocycles. The van der Waals surface area contributed by atoms with Crippen LogP contribution < -0.4 is 5.56 Å². The highest BCUT2D eigenvalue weighted by Crippen LogP contribution is 2.18. The van der Waals surface area contributed by atoms with Crippen LogP contribution in [0, 0.1) is 11.6 Å². The molecule has 3 nitrogen and oxygen atoms in total. The van der Waals surface area contributed by atoms with Crippen molar-refractivity contribution >= 4 is 0 Å². The van der Waals surface area contributed by atoms with Gasteiger partial charge in [0, 0.05) is 17.0 Å². The summed E-state index contributed by atoms with van der Waals surface area (Å²) in [5.74, 6) is -1.34. The molecular weight excluding hydrogens is 262 g/mol. The van der Waals surface area contributed by atoms with E-state index >= 15 is 0 Å². The molecule has 0 atom stereocenters. The second kappa shape index (κ2) is 5.15. The van der Waals surface area contributed by atoms with Crippen molar-refractivity contribution in [2.24, 2.45) is 0 Å². The first-order valence-corrected chi connectivity index (χ1v) is 6.29. The van der Waals surface area contributed by atoms with Crippen molar-refractivity contribution in [2.45, 2.75) is 32.7 Å². The van der Waals surface area contributed by atoms with Crippen molar-refractivity contribution in [1.29, 1.82) is 0 Å². The third kappa shape index (κ3) is 2.92. The monoisotopic (exact) mass is 278 g/mol. The largest absolute Gasteiger partial charge is 0.295 e. The maximum Gasteiger partial charge on any atom is 0.253 e. The molecule has 0 saturated heterocycles. The Morgan fingerprint density at radius 2 is 1.80 bits per heavy atom. The smallest absolute Gasteiger partial charge is 0.253 e. The van der Waals surface area contributed by atoms with Crippen LogP contribution in [0.2, 0.25) is 0 Å². The first-order valence-electron chi connectivity index (χ1n) is 6.29. The van der Waals surface area contributed by atoms with Gasteiger partial charge < -0.3 is 0 Å². The molecule has 2 rings (SSSR count). The first kappa shape index (κ1) is 14.4. The minimum Gasteiger partial charge on any atom is -0.295 e. The van der Waals surface area contributed by atoms with Gasteiger partial charge in [0.25, 0.3) is 5.56 Å². The fraction of sp³-hybridized carbons (Fsp3) is 0.333. The molecule has 0 bridgehead atoms. The topological polar surface area (TPSA) is 34.9 Å². The molecule has 0 unspecified atom stereocenters. The molecule has 0 amide bonds. The van der Waals surface area contributed by atoms with Gasteiger partial charge in [-0.25, -0.2) is 13.8 Å². The van der Waals surface area contributed by atoms with E-state index in [1.165, 1.54) is 35.2 Å². The number of rotatable bonds is 2.